The number of ether oxygens (including phenoxy) is 3. The summed E-state index contributed by atoms with van der Waals surface area (Å²) in [4.78, 5) is 12.7. The van der Waals surface area contributed by atoms with E-state index in [1.807, 2.05) is 53.0 Å². The van der Waals surface area contributed by atoms with Gasteiger partial charge in [-0.2, -0.15) is 0 Å². The Bertz CT molecular complexity index is 1100. The first-order valence-corrected chi connectivity index (χ1v) is 14.5. The summed E-state index contributed by atoms with van der Waals surface area (Å²) in [5, 5.41) is 10.4. The summed E-state index contributed by atoms with van der Waals surface area (Å²) in [6.45, 7) is 15.3. The van der Waals surface area contributed by atoms with Gasteiger partial charge in [-0.25, -0.2) is 4.79 Å². The molecular weight excluding hydrogens is 486 g/mol. The van der Waals surface area contributed by atoms with Crippen LogP contribution in [0.15, 0.2) is 18.2 Å². The average molecular weight is 530 g/mol. The molecule has 6 nitrogen and oxygen atoms in total. The van der Waals surface area contributed by atoms with E-state index in [-0.39, 0.29) is 0 Å². The molecule has 2 N–H and O–H groups in total. The zero-order valence-electron chi connectivity index (χ0n) is 23.6. The lowest BCUT2D eigenvalue weighted by Crippen LogP contribution is -2.28. The maximum Gasteiger partial charge on any atom is 0.337 e. The summed E-state index contributed by atoms with van der Waals surface area (Å²) in [6.07, 6.45) is 4.79. The van der Waals surface area contributed by atoms with Crippen molar-refractivity contribution in [2.75, 3.05) is 24.2 Å². The van der Waals surface area contributed by atoms with Crippen LogP contribution in [0.2, 0.25) is 0 Å². The molecule has 0 aromatic heterocycles. The summed E-state index contributed by atoms with van der Waals surface area (Å²) in [6, 6.07) is 6.17. The number of carbonyl (C=O) groups is 1. The number of carboxylic acid groups (broad SMARTS) is 1. The predicted octanol–water partition coefficient (Wildman–Crippen LogP) is 7.74. The van der Waals surface area contributed by atoms with Crippen molar-refractivity contribution >= 4 is 23.6 Å². The lowest BCUT2D eigenvalue weighted by Gasteiger charge is -2.31. The molecule has 0 saturated heterocycles. The minimum absolute atomic E-state index is 0.446. The minimum Gasteiger partial charge on any atom is -0.493 e. The van der Waals surface area contributed by atoms with Crippen molar-refractivity contribution in [3.05, 3.63) is 40.5 Å². The fraction of sp³-hybridized carbons (Fsp3) is 0.567. The zero-order valence-corrected chi connectivity index (χ0v) is 24.4. The molecule has 1 aliphatic heterocycles. The molecule has 1 aliphatic rings. The Balaban J connectivity index is 2.33. The number of aryl methyl sites for hydroxylation is 1. The zero-order chi connectivity index (χ0) is 27.3. The van der Waals surface area contributed by atoms with Crippen LogP contribution in [-0.2, 0) is 16.0 Å². The van der Waals surface area contributed by atoms with E-state index in [1.165, 1.54) is 11.9 Å². The van der Waals surface area contributed by atoms with E-state index in [0.29, 0.717) is 18.1 Å². The van der Waals surface area contributed by atoms with Crippen LogP contribution in [0.25, 0.3) is 11.1 Å². The molecule has 0 bridgehead atoms. The van der Waals surface area contributed by atoms with Gasteiger partial charge in [0, 0.05) is 17.4 Å². The Labute approximate surface area is 226 Å². The van der Waals surface area contributed by atoms with Crippen molar-refractivity contribution in [1.82, 2.24) is 0 Å². The number of fused-ring (bicyclic) bond motifs is 1. The average Bonchev–Trinajstić information content (AvgIpc) is 2.85. The molecule has 2 aromatic carbocycles. The highest BCUT2D eigenvalue weighted by molar-refractivity contribution is 7.99. The van der Waals surface area contributed by atoms with Gasteiger partial charge in [0.05, 0.1) is 24.5 Å². The molecule has 0 radical (unpaired) electrons. The Hall–Kier alpha value is -2.38. The Morgan fingerprint density at radius 1 is 1.19 bits per heavy atom. The Kier molecular flexibility index (Phi) is 9.81. The molecule has 7 heteroatoms. The van der Waals surface area contributed by atoms with Crippen LogP contribution in [0, 0.1) is 19.8 Å². The molecule has 1 unspecified atom stereocenters. The first kappa shape index (κ1) is 29.2. The van der Waals surface area contributed by atoms with Crippen LogP contribution in [0.4, 0.5) is 5.69 Å². The van der Waals surface area contributed by atoms with E-state index >= 15 is 0 Å². The summed E-state index contributed by atoms with van der Waals surface area (Å²) in [7, 11) is 0. The highest BCUT2D eigenvalue weighted by Crippen LogP contribution is 2.48. The number of benzene rings is 2. The first-order chi connectivity index (χ1) is 17.5. The lowest BCUT2D eigenvalue weighted by atomic mass is 9.85. The number of rotatable bonds is 11. The van der Waals surface area contributed by atoms with Crippen molar-refractivity contribution in [1.29, 1.82) is 0 Å². The summed E-state index contributed by atoms with van der Waals surface area (Å²) >= 11 is 1.46. The molecule has 0 saturated carbocycles. The van der Waals surface area contributed by atoms with Gasteiger partial charge in [0.1, 0.15) is 11.5 Å². The first-order valence-electron chi connectivity index (χ1n) is 13.3. The van der Waals surface area contributed by atoms with E-state index in [0.717, 1.165) is 77.3 Å². The largest absolute Gasteiger partial charge is 0.493 e. The highest BCUT2D eigenvalue weighted by atomic mass is 32.2. The number of carboxylic acids is 1. The second kappa shape index (κ2) is 12.4. The fourth-order valence-corrected chi connectivity index (χ4v) is 5.38. The topological polar surface area (TPSA) is 77.0 Å². The smallest absolute Gasteiger partial charge is 0.337 e. The van der Waals surface area contributed by atoms with Crippen LogP contribution in [-0.4, -0.2) is 36.1 Å². The fourth-order valence-electron chi connectivity index (χ4n) is 4.93. The molecule has 0 spiro atoms. The van der Waals surface area contributed by atoms with Crippen LogP contribution >= 0.6 is 11.9 Å². The Morgan fingerprint density at radius 3 is 2.49 bits per heavy atom. The normalized spacial score (nSPS) is 14.2. The molecule has 0 fully saturated rings. The monoisotopic (exact) mass is 529 g/mol. The third-order valence-corrected chi connectivity index (χ3v) is 7.38. The third-order valence-electron chi connectivity index (χ3n) is 6.97. The second-order valence-corrected chi connectivity index (χ2v) is 11.4. The van der Waals surface area contributed by atoms with Gasteiger partial charge in [-0.1, -0.05) is 44.7 Å². The molecule has 3 rings (SSSR count). The molecule has 1 heterocycles. The Morgan fingerprint density at radius 2 is 1.89 bits per heavy atom. The van der Waals surface area contributed by atoms with Crippen LogP contribution in [0.3, 0.4) is 0 Å². The van der Waals surface area contributed by atoms with Gasteiger partial charge in [-0.15, -0.1) is 0 Å². The van der Waals surface area contributed by atoms with Crippen molar-refractivity contribution in [2.45, 2.75) is 85.9 Å². The van der Waals surface area contributed by atoms with Gasteiger partial charge in [-0.05, 0) is 87.8 Å². The summed E-state index contributed by atoms with van der Waals surface area (Å²) < 4.78 is 22.0. The molecule has 37 heavy (non-hydrogen) atoms. The molecule has 0 amide bonds. The quantitative estimate of drug-likeness (QED) is 0.288. The standard InChI is InChI=1S/C30H43NO5S/c1-9-20(10-2)17-35-27-19(4)24(22-13-14-23-21(16-22)12-11-15-34-23)25(18(3)26(27)31-37-8)28(29(32)33)36-30(5,6)7/h13-14,16,20,28,31H,9-12,15,17H2,1-8H3,(H,32,33). The highest BCUT2D eigenvalue weighted by Gasteiger charge is 2.34. The number of nitrogens with one attached hydrogen (secondary N) is 1. The van der Waals surface area contributed by atoms with E-state index in [4.69, 9.17) is 14.2 Å². The van der Waals surface area contributed by atoms with Crippen LogP contribution < -0.4 is 14.2 Å². The number of aliphatic carboxylic acids is 1. The van der Waals surface area contributed by atoms with E-state index in [1.54, 1.807) is 0 Å². The van der Waals surface area contributed by atoms with Gasteiger partial charge in [0.2, 0.25) is 0 Å². The van der Waals surface area contributed by atoms with Gasteiger partial charge < -0.3 is 24.0 Å². The second-order valence-electron chi connectivity index (χ2n) is 10.8. The van der Waals surface area contributed by atoms with Crippen molar-refractivity contribution in [3.8, 4) is 22.6 Å². The number of hydrogen-bond acceptors (Lipinski definition) is 6. The van der Waals surface area contributed by atoms with E-state index in [9.17, 15) is 9.90 Å². The predicted molar refractivity (Wildman–Crippen MR) is 153 cm³/mol. The van der Waals surface area contributed by atoms with E-state index < -0.39 is 17.7 Å². The molecular formula is C30H43NO5S. The van der Waals surface area contributed by atoms with Crippen molar-refractivity contribution < 1.29 is 24.1 Å². The van der Waals surface area contributed by atoms with Crippen molar-refractivity contribution in [3.63, 3.8) is 0 Å². The number of anilines is 1. The number of hydrogen-bond donors (Lipinski definition) is 2. The van der Waals surface area contributed by atoms with Gasteiger partial charge >= 0.3 is 5.97 Å². The molecule has 204 valence electrons. The lowest BCUT2D eigenvalue weighted by molar-refractivity contribution is -0.160. The SMILES string of the molecule is CCC(CC)COc1c(C)c(-c2ccc3c(c2)CCCO3)c(C(OC(C)(C)C)C(=O)O)c(C)c1NSC. The minimum atomic E-state index is -1.14. The van der Waals surface area contributed by atoms with Crippen molar-refractivity contribution in [2.24, 2.45) is 5.92 Å². The maximum absolute atomic E-state index is 12.7. The van der Waals surface area contributed by atoms with E-state index in [2.05, 4.69) is 24.6 Å². The molecule has 2 aromatic rings. The third kappa shape index (κ3) is 6.74. The van der Waals surface area contributed by atoms with Crippen LogP contribution in [0.1, 0.15) is 82.2 Å². The van der Waals surface area contributed by atoms with Gasteiger partial charge in [0.15, 0.2) is 6.10 Å². The summed E-state index contributed by atoms with van der Waals surface area (Å²) in [5.74, 6) is 1.10. The summed E-state index contributed by atoms with van der Waals surface area (Å²) in [5.41, 5.74) is 5.48. The van der Waals surface area contributed by atoms with Gasteiger partial charge in [0.25, 0.3) is 0 Å². The molecule has 0 aliphatic carbocycles. The molecule has 1 atom stereocenters. The van der Waals surface area contributed by atoms with Crippen LogP contribution in [0.5, 0.6) is 11.5 Å². The van der Waals surface area contributed by atoms with Gasteiger partial charge in [-0.3, -0.25) is 0 Å². The maximum atomic E-state index is 12.7.